The monoisotopic (exact) mass is 208 g/mol. The zero-order valence-corrected chi connectivity index (χ0v) is 10.0. The average molecular weight is 208 g/mol. The number of aryl methyl sites for hydroxylation is 2. The van der Waals surface area contributed by atoms with Crippen LogP contribution in [0.2, 0.25) is 0 Å². The van der Waals surface area contributed by atoms with Gasteiger partial charge in [-0.1, -0.05) is 0 Å². The Hall–Kier alpha value is -1.03. The molecule has 0 aliphatic carbocycles. The molecule has 0 unspecified atom stereocenters. The maximum absolute atomic E-state index is 4.39. The minimum absolute atomic E-state index is 0.195. The number of hydrogen-bond acceptors (Lipinski definition) is 3. The van der Waals surface area contributed by atoms with Crippen LogP contribution in [0, 0.1) is 6.92 Å². The van der Waals surface area contributed by atoms with Crippen molar-refractivity contribution >= 4 is 5.69 Å². The number of anilines is 1. The third-order valence-electron chi connectivity index (χ3n) is 2.90. The highest BCUT2D eigenvalue weighted by Gasteiger charge is 2.27. The zero-order chi connectivity index (χ0) is 11.1. The normalized spacial score (nSPS) is 20.7. The van der Waals surface area contributed by atoms with E-state index in [1.165, 1.54) is 5.69 Å². The van der Waals surface area contributed by atoms with E-state index >= 15 is 0 Å². The van der Waals surface area contributed by atoms with E-state index in [-0.39, 0.29) is 5.54 Å². The molecule has 0 radical (unpaired) electrons. The molecule has 84 valence electrons. The molecule has 0 aromatic carbocycles. The highest BCUT2D eigenvalue weighted by atomic mass is 15.3. The molecular formula is C11H20N4. The van der Waals surface area contributed by atoms with Crippen molar-refractivity contribution in [3.8, 4) is 0 Å². The molecule has 2 rings (SSSR count). The molecule has 2 heterocycles. The molecule has 1 aromatic heterocycles. The highest BCUT2D eigenvalue weighted by Crippen LogP contribution is 2.22. The van der Waals surface area contributed by atoms with Crippen LogP contribution < -0.4 is 10.2 Å². The average Bonchev–Trinajstić information content (AvgIpc) is 2.43. The third kappa shape index (κ3) is 2.15. The molecule has 1 saturated heterocycles. The number of rotatable bonds is 1. The van der Waals surface area contributed by atoms with Gasteiger partial charge in [0.15, 0.2) is 0 Å². The fraction of sp³-hybridized carbons (Fsp3) is 0.727. The number of nitrogens with zero attached hydrogens (tertiary/aromatic N) is 3. The van der Waals surface area contributed by atoms with Crippen LogP contribution in [0.3, 0.4) is 0 Å². The van der Waals surface area contributed by atoms with Gasteiger partial charge >= 0.3 is 0 Å². The SMILES string of the molecule is Cc1nn(C)cc1N1CCNC(C)(C)C1. The molecule has 15 heavy (non-hydrogen) atoms. The van der Waals surface area contributed by atoms with Gasteiger partial charge in [-0.3, -0.25) is 4.68 Å². The molecule has 0 spiro atoms. The van der Waals surface area contributed by atoms with Gasteiger partial charge in [0.2, 0.25) is 0 Å². The van der Waals surface area contributed by atoms with Crippen LogP contribution in [0.15, 0.2) is 6.20 Å². The molecule has 0 bridgehead atoms. The lowest BCUT2D eigenvalue weighted by atomic mass is 10.0. The van der Waals surface area contributed by atoms with Crippen molar-refractivity contribution in [3.05, 3.63) is 11.9 Å². The number of nitrogens with one attached hydrogen (secondary N) is 1. The minimum Gasteiger partial charge on any atom is -0.366 e. The second kappa shape index (κ2) is 3.52. The van der Waals surface area contributed by atoms with Crippen molar-refractivity contribution < 1.29 is 0 Å². The van der Waals surface area contributed by atoms with Crippen molar-refractivity contribution in [1.82, 2.24) is 15.1 Å². The van der Waals surface area contributed by atoms with Crippen molar-refractivity contribution in [1.29, 1.82) is 0 Å². The third-order valence-corrected chi connectivity index (χ3v) is 2.90. The Morgan fingerprint density at radius 3 is 2.73 bits per heavy atom. The molecule has 0 amide bonds. The summed E-state index contributed by atoms with van der Waals surface area (Å²) in [5.41, 5.74) is 2.59. The zero-order valence-electron chi connectivity index (χ0n) is 10.0. The summed E-state index contributed by atoms with van der Waals surface area (Å²) < 4.78 is 1.89. The first kappa shape index (κ1) is 10.5. The van der Waals surface area contributed by atoms with E-state index in [1.807, 2.05) is 11.7 Å². The molecule has 1 aromatic rings. The second-order valence-corrected chi connectivity index (χ2v) is 5.01. The summed E-state index contributed by atoms with van der Waals surface area (Å²) in [6, 6.07) is 0. The Morgan fingerprint density at radius 1 is 1.47 bits per heavy atom. The smallest absolute Gasteiger partial charge is 0.0827 e. The fourth-order valence-electron chi connectivity index (χ4n) is 2.24. The Morgan fingerprint density at radius 2 is 2.20 bits per heavy atom. The Kier molecular flexibility index (Phi) is 2.46. The highest BCUT2D eigenvalue weighted by molar-refractivity contribution is 5.49. The Labute approximate surface area is 91.3 Å². The lowest BCUT2D eigenvalue weighted by Crippen LogP contribution is -2.57. The lowest BCUT2D eigenvalue weighted by Gasteiger charge is -2.40. The van der Waals surface area contributed by atoms with Gasteiger partial charge in [0, 0.05) is 38.4 Å². The molecule has 4 heteroatoms. The van der Waals surface area contributed by atoms with E-state index < -0.39 is 0 Å². The molecule has 4 nitrogen and oxygen atoms in total. The first-order chi connectivity index (χ1) is 6.98. The molecule has 1 aliphatic heterocycles. The molecule has 1 N–H and O–H groups in total. The standard InChI is InChI=1S/C11H20N4/c1-9-10(7-14(4)13-9)15-6-5-12-11(2,3)8-15/h7,12H,5-6,8H2,1-4H3. The van der Waals surface area contributed by atoms with Gasteiger partial charge in [0.25, 0.3) is 0 Å². The largest absolute Gasteiger partial charge is 0.366 e. The van der Waals surface area contributed by atoms with Crippen molar-refractivity contribution in [2.75, 3.05) is 24.5 Å². The summed E-state index contributed by atoms with van der Waals surface area (Å²) in [5, 5.41) is 7.90. The molecular weight excluding hydrogens is 188 g/mol. The van der Waals surface area contributed by atoms with E-state index in [0.717, 1.165) is 25.3 Å². The van der Waals surface area contributed by atoms with Crippen LogP contribution in [0.4, 0.5) is 5.69 Å². The maximum Gasteiger partial charge on any atom is 0.0827 e. The van der Waals surface area contributed by atoms with Crippen molar-refractivity contribution in [2.45, 2.75) is 26.3 Å². The summed E-state index contributed by atoms with van der Waals surface area (Å²) in [5.74, 6) is 0. The summed E-state index contributed by atoms with van der Waals surface area (Å²) >= 11 is 0. The number of piperazine rings is 1. The molecule has 0 saturated carbocycles. The number of hydrogen-bond donors (Lipinski definition) is 1. The van der Waals surface area contributed by atoms with Crippen LogP contribution in [-0.4, -0.2) is 35.0 Å². The van der Waals surface area contributed by atoms with Gasteiger partial charge in [-0.05, 0) is 20.8 Å². The van der Waals surface area contributed by atoms with Crippen LogP contribution in [-0.2, 0) is 7.05 Å². The summed E-state index contributed by atoms with van der Waals surface area (Å²) in [6.45, 7) is 9.71. The minimum atomic E-state index is 0.195. The Balaban J connectivity index is 2.20. The van der Waals surface area contributed by atoms with Crippen LogP contribution >= 0.6 is 0 Å². The van der Waals surface area contributed by atoms with Crippen molar-refractivity contribution in [2.24, 2.45) is 7.05 Å². The van der Waals surface area contributed by atoms with Gasteiger partial charge in [-0.2, -0.15) is 5.10 Å². The predicted molar refractivity (Wildman–Crippen MR) is 62.2 cm³/mol. The van der Waals surface area contributed by atoms with Gasteiger partial charge in [-0.25, -0.2) is 0 Å². The Bertz CT molecular complexity index is 353. The van der Waals surface area contributed by atoms with E-state index in [9.17, 15) is 0 Å². The van der Waals surface area contributed by atoms with E-state index in [2.05, 4.69) is 42.3 Å². The van der Waals surface area contributed by atoms with Gasteiger partial charge < -0.3 is 10.2 Å². The maximum atomic E-state index is 4.39. The van der Waals surface area contributed by atoms with E-state index in [0.29, 0.717) is 0 Å². The predicted octanol–water partition coefficient (Wildman–Crippen LogP) is 0.917. The summed E-state index contributed by atoms with van der Waals surface area (Å²) in [6.07, 6.45) is 2.11. The lowest BCUT2D eigenvalue weighted by molar-refractivity contribution is 0.353. The van der Waals surface area contributed by atoms with Gasteiger partial charge in [-0.15, -0.1) is 0 Å². The quantitative estimate of drug-likeness (QED) is 0.745. The fourth-order valence-corrected chi connectivity index (χ4v) is 2.24. The van der Waals surface area contributed by atoms with Crippen LogP contribution in [0.25, 0.3) is 0 Å². The van der Waals surface area contributed by atoms with Crippen LogP contribution in [0.1, 0.15) is 19.5 Å². The molecule has 1 fully saturated rings. The van der Waals surface area contributed by atoms with Crippen molar-refractivity contribution in [3.63, 3.8) is 0 Å². The first-order valence-corrected chi connectivity index (χ1v) is 5.48. The molecule has 1 aliphatic rings. The number of aromatic nitrogens is 2. The molecule has 0 atom stereocenters. The first-order valence-electron chi connectivity index (χ1n) is 5.48. The summed E-state index contributed by atoms with van der Waals surface area (Å²) in [7, 11) is 1.98. The van der Waals surface area contributed by atoms with Gasteiger partial charge in [0.05, 0.1) is 11.4 Å². The summed E-state index contributed by atoms with van der Waals surface area (Å²) in [4.78, 5) is 2.42. The van der Waals surface area contributed by atoms with E-state index in [1.54, 1.807) is 0 Å². The van der Waals surface area contributed by atoms with Crippen LogP contribution in [0.5, 0.6) is 0 Å². The topological polar surface area (TPSA) is 33.1 Å². The van der Waals surface area contributed by atoms with Gasteiger partial charge in [0.1, 0.15) is 0 Å². The van der Waals surface area contributed by atoms with E-state index in [4.69, 9.17) is 0 Å². The second-order valence-electron chi connectivity index (χ2n) is 5.01.